The van der Waals surface area contributed by atoms with Crippen LogP contribution in [-0.2, 0) is 18.6 Å². The average molecular weight is 528 g/mol. The van der Waals surface area contributed by atoms with Crippen molar-refractivity contribution < 1.29 is 21.6 Å². The Balaban J connectivity index is 0.00000102. The number of alkyl halides is 3. The number of halogens is 3. The van der Waals surface area contributed by atoms with Crippen LogP contribution in [0, 0.1) is 13.8 Å². The average Bonchev–Trinajstić information content (AvgIpc) is 3.37. The van der Waals surface area contributed by atoms with Gasteiger partial charge in [0.2, 0.25) is 0 Å². The molecule has 0 amide bonds. The molecule has 0 radical (unpaired) electrons. The minimum absolute atomic E-state index is 0.0722. The Morgan fingerprint density at radius 1 is 1.03 bits per heavy atom. The molecular weight excluding hydrogens is 503 g/mol. The van der Waals surface area contributed by atoms with Gasteiger partial charge in [-0.3, -0.25) is 4.98 Å². The SMILES string of the molecule is Cc1nnn(C)c1-c1cnc2c3cccc(C)c3n([C@@H](CCC(F)(F)F)c3ccccc3)c2c1.O=S=O. The molecule has 0 aliphatic heterocycles. The normalized spacial score (nSPS) is 12.4. The molecule has 37 heavy (non-hydrogen) atoms. The zero-order valence-electron chi connectivity index (χ0n) is 20.4. The summed E-state index contributed by atoms with van der Waals surface area (Å²) in [7, 11) is 1.81. The van der Waals surface area contributed by atoms with Gasteiger partial charge in [-0.05, 0) is 37.5 Å². The first-order valence-corrected chi connectivity index (χ1v) is 12.1. The zero-order chi connectivity index (χ0) is 26.7. The van der Waals surface area contributed by atoms with Gasteiger partial charge in [-0.25, -0.2) is 4.68 Å². The van der Waals surface area contributed by atoms with E-state index in [1.165, 1.54) is 0 Å². The molecule has 5 rings (SSSR count). The molecule has 0 unspecified atom stereocenters. The number of fused-ring (bicyclic) bond motifs is 3. The predicted octanol–water partition coefficient (Wildman–Crippen LogP) is 5.86. The summed E-state index contributed by atoms with van der Waals surface area (Å²) in [4.78, 5) is 4.78. The summed E-state index contributed by atoms with van der Waals surface area (Å²) in [6.07, 6.45) is -3.41. The van der Waals surface area contributed by atoms with Crippen LogP contribution in [0.1, 0.15) is 35.7 Å². The lowest BCUT2D eigenvalue weighted by Crippen LogP contribution is -2.16. The maximum absolute atomic E-state index is 13.4. The molecule has 0 saturated heterocycles. The summed E-state index contributed by atoms with van der Waals surface area (Å²) >= 11 is -0.750. The second kappa shape index (κ2) is 10.6. The minimum Gasteiger partial charge on any atom is -0.331 e. The second-order valence-electron chi connectivity index (χ2n) is 8.73. The molecule has 3 heterocycles. The smallest absolute Gasteiger partial charge is 0.331 e. The van der Waals surface area contributed by atoms with E-state index in [0.29, 0.717) is 0 Å². The lowest BCUT2D eigenvalue weighted by Gasteiger charge is -2.23. The number of hydrogen-bond acceptors (Lipinski definition) is 5. The highest BCUT2D eigenvalue weighted by Crippen LogP contribution is 2.39. The third-order valence-corrected chi connectivity index (χ3v) is 6.33. The van der Waals surface area contributed by atoms with Gasteiger partial charge in [0.15, 0.2) is 0 Å². The fourth-order valence-electron chi connectivity index (χ4n) is 4.86. The maximum Gasteiger partial charge on any atom is 0.389 e. The largest absolute Gasteiger partial charge is 0.389 e. The van der Waals surface area contributed by atoms with Gasteiger partial charge in [-0.1, -0.05) is 53.7 Å². The van der Waals surface area contributed by atoms with Crippen molar-refractivity contribution in [3.63, 3.8) is 0 Å². The monoisotopic (exact) mass is 527 g/mol. The molecule has 0 bridgehead atoms. The Bertz CT molecular complexity index is 1570. The highest BCUT2D eigenvalue weighted by Gasteiger charge is 2.31. The van der Waals surface area contributed by atoms with E-state index in [1.807, 2.05) is 80.1 Å². The number of aromatic nitrogens is 5. The van der Waals surface area contributed by atoms with E-state index >= 15 is 0 Å². The fourth-order valence-corrected chi connectivity index (χ4v) is 4.86. The van der Waals surface area contributed by atoms with Gasteiger partial charge in [-0.2, -0.15) is 21.6 Å². The van der Waals surface area contributed by atoms with Crippen molar-refractivity contribution in [2.45, 2.75) is 38.9 Å². The van der Waals surface area contributed by atoms with Crippen molar-refractivity contribution in [3.05, 3.63) is 77.6 Å². The summed E-state index contributed by atoms with van der Waals surface area (Å²) in [6.45, 7) is 3.86. The Morgan fingerprint density at radius 2 is 1.73 bits per heavy atom. The number of aryl methyl sites for hydroxylation is 3. The van der Waals surface area contributed by atoms with E-state index in [1.54, 1.807) is 10.9 Å². The van der Waals surface area contributed by atoms with Gasteiger partial charge in [0, 0.05) is 30.6 Å². The van der Waals surface area contributed by atoms with Crippen LogP contribution in [-0.4, -0.2) is 39.1 Å². The summed E-state index contributed by atoms with van der Waals surface area (Å²) < 4.78 is 60.5. The molecule has 0 fully saturated rings. The third kappa shape index (κ3) is 5.31. The first kappa shape index (κ1) is 26.2. The number of rotatable bonds is 5. The maximum atomic E-state index is 13.4. The Hall–Kier alpha value is -3.86. The molecule has 0 aliphatic rings. The van der Waals surface area contributed by atoms with Crippen molar-refractivity contribution >= 4 is 33.5 Å². The third-order valence-electron chi connectivity index (χ3n) is 6.33. The second-order valence-corrected chi connectivity index (χ2v) is 8.86. The first-order valence-electron chi connectivity index (χ1n) is 11.5. The molecule has 7 nitrogen and oxygen atoms in total. The zero-order valence-corrected chi connectivity index (χ0v) is 21.2. The summed E-state index contributed by atoms with van der Waals surface area (Å²) in [6, 6.07) is 16.8. The van der Waals surface area contributed by atoms with Crippen LogP contribution in [0.5, 0.6) is 0 Å². The highest BCUT2D eigenvalue weighted by atomic mass is 32.1. The Labute approximate surface area is 214 Å². The van der Waals surface area contributed by atoms with E-state index in [0.717, 1.165) is 50.0 Å². The number of pyridine rings is 1. The van der Waals surface area contributed by atoms with Crippen molar-refractivity contribution in [1.29, 1.82) is 0 Å². The number of benzene rings is 2. The van der Waals surface area contributed by atoms with Gasteiger partial charge in [0.25, 0.3) is 0 Å². The molecule has 0 aliphatic carbocycles. The molecular formula is C26H24F3N5O2S. The van der Waals surface area contributed by atoms with Crippen LogP contribution in [0.4, 0.5) is 13.2 Å². The Kier molecular flexibility index (Phi) is 7.53. The molecule has 0 spiro atoms. The quantitative estimate of drug-likeness (QED) is 0.286. The number of nitrogens with zero attached hydrogens (tertiary/aromatic N) is 5. The molecule has 3 aromatic heterocycles. The van der Waals surface area contributed by atoms with Crippen LogP contribution in [0.3, 0.4) is 0 Å². The predicted molar refractivity (Wildman–Crippen MR) is 135 cm³/mol. The Morgan fingerprint density at radius 3 is 2.35 bits per heavy atom. The van der Waals surface area contributed by atoms with Gasteiger partial charge >= 0.3 is 17.7 Å². The van der Waals surface area contributed by atoms with E-state index < -0.39 is 30.2 Å². The molecule has 0 saturated carbocycles. The minimum atomic E-state index is -4.25. The fraction of sp³-hybridized carbons (Fsp3) is 0.269. The molecule has 5 aromatic rings. The van der Waals surface area contributed by atoms with Crippen molar-refractivity contribution in [3.8, 4) is 11.3 Å². The van der Waals surface area contributed by atoms with Crippen LogP contribution in [0.15, 0.2) is 60.8 Å². The molecule has 2 aromatic carbocycles. The van der Waals surface area contributed by atoms with Crippen LogP contribution >= 0.6 is 0 Å². The highest BCUT2D eigenvalue weighted by molar-refractivity contribution is 7.51. The van der Waals surface area contributed by atoms with E-state index in [4.69, 9.17) is 13.4 Å². The van der Waals surface area contributed by atoms with Gasteiger partial charge in [0.05, 0.1) is 34.0 Å². The van der Waals surface area contributed by atoms with Crippen LogP contribution in [0.2, 0.25) is 0 Å². The van der Waals surface area contributed by atoms with Crippen LogP contribution in [0.25, 0.3) is 33.2 Å². The molecule has 1 atom stereocenters. The van der Waals surface area contributed by atoms with E-state index in [2.05, 4.69) is 10.3 Å². The van der Waals surface area contributed by atoms with Crippen molar-refractivity contribution in [2.24, 2.45) is 7.05 Å². The summed E-state index contributed by atoms with van der Waals surface area (Å²) in [5.41, 5.74) is 6.69. The number of hydrogen-bond donors (Lipinski definition) is 0. The van der Waals surface area contributed by atoms with Crippen molar-refractivity contribution in [2.75, 3.05) is 0 Å². The number of para-hydroxylation sites is 1. The molecule has 192 valence electrons. The summed E-state index contributed by atoms with van der Waals surface area (Å²) in [5.74, 6) is 0. The van der Waals surface area contributed by atoms with E-state index in [-0.39, 0.29) is 6.42 Å². The standard InChI is InChI=1S/C26H24F3N5.O2S/c1-16-8-7-11-20-23-22(14-19(15-30-23)25-17(2)31-32-33(25)3)34(24(16)20)21(12-13-26(27,28)29)18-9-5-4-6-10-18;1-3-2/h4-11,14-15,21H,12-13H2,1-3H3;/t21-;/m0./s1. The van der Waals surface area contributed by atoms with Crippen molar-refractivity contribution in [1.82, 2.24) is 24.5 Å². The lowest BCUT2D eigenvalue weighted by molar-refractivity contribution is -0.136. The van der Waals surface area contributed by atoms with Gasteiger partial charge in [-0.15, -0.1) is 5.10 Å². The first-order chi connectivity index (χ1) is 17.7. The molecule has 11 heteroatoms. The topological polar surface area (TPSA) is 82.7 Å². The van der Waals surface area contributed by atoms with Gasteiger partial charge in [0.1, 0.15) is 0 Å². The van der Waals surface area contributed by atoms with E-state index in [9.17, 15) is 13.2 Å². The van der Waals surface area contributed by atoms with Crippen LogP contribution < -0.4 is 0 Å². The lowest BCUT2D eigenvalue weighted by atomic mass is 10.0. The molecule has 0 N–H and O–H groups in total. The van der Waals surface area contributed by atoms with Gasteiger partial charge < -0.3 is 4.57 Å². The summed E-state index contributed by atoms with van der Waals surface area (Å²) in [5, 5.41) is 9.17.